The number of nitro benzene ring substituents is 1. The largest absolute Gasteiger partial charge is 0.491 e. The molecular formula is C51H58N6O7S2. The Morgan fingerprint density at radius 3 is 2.48 bits per heavy atom. The molecule has 5 heterocycles. The van der Waals surface area contributed by atoms with Gasteiger partial charge < -0.3 is 19.4 Å². The lowest BCUT2D eigenvalue weighted by Gasteiger charge is -2.56. The van der Waals surface area contributed by atoms with Gasteiger partial charge in [0.2, 0.25) is 0 Å². The molecule has 6 aliphatic rings. The average molecular weight is 931 g/mol. The number of thioether (sulfide) groups is 1. The monoisotopic (exact) mass is 930 g/mol. The van der Waals surface area contributed by atoms with Crippen LogP contribution in [0.15, 0.2) is 88.9 Å². The average Bonchev–Trinajstić information content (AvgIpc) is 3.84. The summed E-state index contributed by atoms with van der Waals surface area (Å²) in [6.45, 7) is 7.74. The highest BCUT2D eigenvalue weighted by Gasteiger charge is 2.50. The number of piperidine rings is 1. The standard InChI is InChI=1S/C51H58N6O7S2/c1-50(2)16-13-33(14-17-50)46-31-63-45-27-38(26-43(57(59)60)47(45)65-46)66(61,62)54-49(58)41-12-11-35(25-44(41)64-37-24-34-15-20-52-48(34)53-30-37)55-22-18-51(19-23-55)28-36(29-51)56-21-5-8-42(56)40-7-4-3-6-39(40)32-9-10-32/h3-4,6-7,11-12,15,20,24-27,30,32-33,36,42,46H,5,8-10,13-14,16-19,21-23,28-29,31H2,1-2H3,(H,52,53)(H,54,58)/t42-,46?/m1/s1. The van der Waals surface area contributed by atoms with E-state index in [1.165, 1.54) is 62.9 Å². The van der Waals surface area contributed by atoms with E-state index < -0.39 is 25.7 Å². The maximum atomic E-state index is 14.1. The number of anilines is 1. The summed E-state index contributed by atoms with van der Waals surface area (Å²) in [5.74, 6) is 0.839. The van der Waals surface area contributed by atoms with Gasteiger partial charge in [0.05, 0.1) is 21.6 Å². The Morgan fingerprint density at radius 1 is 0.955 bits per heavy atom. The van der Waals surface area contributed by atoms with Crippen LogP contribution in [0.4, 0.5) is 11.4 Å². The fourth-order valence-electron chi connectivity index (χ4n) is 11.7. The number of likely N-dealkylation sites (tertiary alicyclic amines) is 1. The molecule has 1 unspecified atom stereocenters. The summed E-state index contributed by atoms with van der Waals surface area (Å²) >= 11 is 1.40. The van der Waals surface area contributed by atoms with Crippen LogP contribution in [-0.4, -0.2) is 71.6 Å². The van der Waals surface area contributed by atoms with Crippen molar-refractivity contribution in [1.29, 1.82) is 0 Å². The molecule has 5 aromatic rings. The molecular weight excluding hydrogens is 873 g/mol. The molecule has 3 aliphatic heterocycles. The summed E-state index contributed by atoms with van der Waals surface area (Å²) < 4.78 is 42.7. The quantitative estimate of drug-likeness (QED) is 0.0958. The van der Waals surface area contributed by atoms with E-state index in [1.807, 2.05) is 12.1 Å². The zero-order valence-electron chi connectivity index (χ0n) is 37.7. The lowest BCUT2D eigenvalue weighted by molar-refractivity contribution is -0.388. The minimum absolute atomic E-state index is 0.00648. The Hall–Kier alpha value is -5.12. The number of sulfonamides is 1. The molecule has 3 aliphatic carbocycles. The number of amides is 1. The van der Waals surface area contributed by atoms with Crippen LogP contribution in [0.3, 0.4) is 0 Å². The molecule has 3 saturated carbocycles. The number of benzene rings is 3. The van der Waals surface area contributed by atoms with Crippen LogP contribution < -0.4 is 19.1 Å². The van der Waals surface area contributed by atoms with E-state index in [4.69, 9.17) is 9.47 Å². The first kappa shape index (κ1) is 43.5. The third-order valence-electron chi connectivity index (χ3n) is 15.8. The normalized spacial score (nSPS) is 23.3. The molecule has 1 amide bonds. The van der Waals surface area contributed by atoms with Crippen molar-refractivity contribution in [3.63, 3.8) is 0 Å². The van der Waals surface area contributed by atoms with Gasteiger partial charge >= 0.3 is 0 Å². The zero-order valence-corrected chi connectivity index (χ0v) is 39.3. The van der Waals surface area contributed by atoms with E-state index in [0.717, 1.165) is 74.7 Å². The molecule has 5 fully saturated rings. The molecule has 0 radical (unpaired) electrons. The summed E-state index contributed by atoms with van der Waals surface area (Å²) in [6, 6.07) is 21.5. The summed E-state index contributed by atoms with van der Waals surface area (Å²) in [4.78, 5) is 38.6. The van der Waals surface area contributed by atoms with E-state index in [-0.39, 0.29) is 33.4 Å². The Labute approximate surface area is 390 Å². The van der Waals surface area contributed by atoms with Crippen LogP contribution >= 0.6 is 11.8 Å². The van der Waals surface area contributed by atoms with Crippen molar-refractivity contribution in [3.8, 4) is 17.2 Å². The van der Waals surface area contributed by atoms with Gasteiger partial charge in [-0.25, -0.2) is 18.1 Å². The number of carbonyl (C=O) groups excluding carboxylic acids is 1. The third-order valence-corrected chi connectivity index (χ3v) is 18.6. The second-order valence-corrected chi connectivity index (χ2v) is 23.6. The summed E-state index contributed by atoms with van der Waals surface area (Å²) in [5.41, 5.74) is 4.92. The fraction of sp³-hybridized carbons (Fsp3) is 0.490. The highest BCUT2D eigenvalue weighted by Crippen LogP contribution is 2.55. The highest BCUT2D eigenvalue weighted by molar-refractivity contribution is 8.00. The van der Waals surface area contributed by atoms with Gasteiger partial charge in [-0.05, 0) is 142 Å². The van der Waals surface area contributed by atoms with Crippen LogP contribution in [-0.2, 0) is 10.0 Å². The maximum absolute atomic E-state index is 14.1. The molecule has 13 nitrogen and oxygen atoms in total. The van der Waals surface area contributed by atoms with Gasteiger partial charge in [0.1, 0.15) is 34.4 Å². The number of aromatic nitrogens is 2. The Morgan fingerprint density at radius 2 is 1.73 bits per heavy atom. The van der Waals surface area contributed by atoms with Crippen LogP contribution in [0.1, 0.15) is 124 Å². The number of fused-ring (bicyclic) bond motifs is 2. The molecule has 0 bridgehead atoms. The molecule has 11 rings (SSSR count). The van der Waals surface area contributed by atoms with E-state index in [1.54, 1.807) is 41.7 Å². The minimum atomic E-state index is -4.61. The predicted molar refractivity (Wildman–Crippen MR) is 255 cm³/mol. The number of pyridine rings is 1. The van der Waals surface area contributed by atoms with Gasteiger partial charge in [0.15, 0.2) is 0 Å². The van der Waals surface area contributed by atoms with Gasteiger partial charge in [0, 0.05) is 65.9 Å². The lowest BCUT2D eigenvalue weighted by atomic mass is 9.59. The second kappa shape index (κ2) is 16.9. The Kier molecular flexibility index (Phi) is 11.1. The molecule has 2 aromatic heterocycles. The van der Waals surface area contributed by atoms with Crippen molar-refractivity contribution in [2.75, 3.05) is 31.1 Å². The van der Waals surface area contributed by atoms with Crippen LogP contribution in [0.5, 0.6) is 17.2 Å². The number of aromatic amines is 1. The zero-order chi connectivity index (χ0) is 45.4. The van der Waals surface area contributed by atoms with E-state index in [2.05, 4.69) is 62.6 Å². The summed E-state index contributed by atoms with van der Waals surface area (Å²) in [6.07, 6.45) is 17.2. The van der Waals surface area contributed by atoms with Crippen LogP contribution in [0.25, 0.3) is 11.0 Å². The Balaban J connectivity index is 0.801. The summed E-state index contributed by atoms with van der Waals surface area (Å²) in [5, 5.41) is 13.3. The number of nitro groups is 1. The van der Waals surface area contributed by atoms with Gasteiger partial charge in [0.25, 0.3) is 21.6 Å². The first-order valence-corrected chi connectivity index (χ1v) is 26.2. The van der Waals surface area contributed by atoms with Crippen LogP contribution in [0, 0.1) is 26.9 Å². The molecule has 2 saturated heterocycles. The van der Waals surface area contributed by atoms with Gasteiger partial charge in [-0.2, -0.15) is 0 Å². The minimum Gasteiger partial charge on any atom is -0.491 e. The van der Waals surface area contributed by atoms with Gasteiger partial charge in [-0.1, -0.05) is 38.1 Å². The van der Waals surface area contributed by atoms with Crippen molar-refractivity contribution >= 4 is 50.1 Å². The lowest BCUT2D eigenvalue weighted by Crippen LogP contribution is -2.54. The molecule has 2 atom stereocenters. The highest BCUT2D eigenvalue weighted by atomic mass is 32.2. The SMILES string of the molecule is CC1(C)CCC(C2COc3cc(S(=O)(=O)NC(=O)c4ccc(N5CCC6(CC5)CC(N5CCC[C@@H]5c5ccccc5C5CC5)C6)cc4Oc4cnc5[nH]ccc5c4)cc([N+](=O)[O-])c3S2)CC1. The van der Waals surface area contributed by atoms with Crippen molar-refractivity contribution in [2.45, 2.75) is 124 Å². The van der Waals surface area contributed by atoms with E-state index in [9.17, 15) is 23.3 Å². The topological polar surface area (TPSA) is 160 Å². The number of nitrogens with one attached hydrogen (secondary N) is 2. The maximum Gasteiger partial charge on any atom is 0.288 e. The Bertz CT molecular complexity index is 2800. The summed E-state index contributed by atoms with van der Waals surface area (Å²) in [7, 11) is -4.61. The molecule has 1 spiro atoms. The third kappa shape index (κ3) is 8.44. The first-order valence-electron chi connectivity index (χ1n) is 23.8. The molecule has 15 heteroatoms. The van der Waals surface area contributed by atoms with Crippen molar-refractivity contribution in [2.24, 2.45) is 16.7 Å². The number of ether oxygens (including phenoxy) is 2. The van der Waals surface area contributed by atoms with Crippen molar-refractivity contribution in [3.05, 3.63) is 106 Å². The number of nitrogens with zero attached hydrogens (tertiary/aromatic N) is 4. The molecule has 66 heavy (non-hydrogen) atoms. The van der Waals surface area contributed by atoms with Crippen LogP contribution in [0.2, 0.25) is 0 Å². The van der Waals surface area contributed by atoms with Crippen molar-refractivity contribution in [1.82, 2.24) is 19.6 Å². The number of rotatable bonds is 11. The van der Waals surface area contributed by atoms with E-state index in [0.29, 0.717) is 46.3 Å². The smallest absolute Gasteiger partial charge is 0.288 e. The fourth-order valence-corrected chi connectivity index (χ4v) is 14.1. The number of H-pyrrole nitrogens is 1. The van der Waals surface area contributed by atoms with Crippen molar-refractivity contribution < 1.29 is 27.6 Å². The molecule has 346 valence electrons. The molecule has 3 aromatic carbocycles. The number of hydrogen-bond acceptors (Lipinski definition) is 11. The number of hydrogen-bond donors (Lipinski definition) is 2. The van der Waals surface area contributed by atoms with Gasteiger partial charge in [-0.15, -0.1) is 11.8 Å². The number of carbonyl (C=O) groups is 1. The van der Waals surface area contributed by atoms with Gasteiger partial charge in [-0.3, -0.25) is 19.8 Å². The van der Waals surface area contributed by atoms with E-state index >= 15 is 0 Å². The second-order valence-electron chi connectivity index (χ2n) is 20.6. The first-order chi connectivity index (χ1) is 31.8. The molecule has 2 N–H and O–H groups in total. The predicted octanol–water partition coefficient (Wildman–Crippen LogP) is 10.9.